The lowest BCUT2D eigenvalue weighted by atomic mass is 10.1. The molecular formula is C19H13Cl2N3O. The fraction of sp³-hybridized carbons (Fsp3) is 0.158. The number of rotatable bonds is 2. The average molecular weight is 370 g/mol. The summed E-state index contributed by atoms with van der Waals surface area (Å²) in [6.45, 7) is 0. The molecule has 0 bridgehead atoms. The van der Waals surface area contributed by atoms with Crippen LogP contribution in [0, 0.1) is 0 Å². The van der Waals surface area contributed by atoms with Gasteiger partial charge in [-0.3, -0.25) is 0 Å². The highest BCUT2D eigenvalue weighted by Crippen LogP contribution is 2.34. The fourth-order valence-electron chi connectivity index (χ4n) is 3.50. The van der Waals surface area contributed by atoms with Gasteiger partial charge in [0.25, 0.3) is 5.89 Å². The predicted molar refractivity (Wildman–Crippen MR) is 99.1 cm³/mol. The largest absolute Gasteiger partial charge is 0.358 e. The summed E-state index contributed by atoms with van der Waals surface area (Å²) in [5.41, 5.74) is 5.54. The molecule has 0 amide bonds. The van der Waals surface area contributed by atoms with Crippen molar-refractivity contribution in [3.63, 3.8) is 0 Å². The van der Waals surface area contributed by atoms with Crippen molar-refractivity contribution in [3.8, 4) is 22.8 Å². The number of halogens is 2. The number of hydrogen-bond donors (Lipinski definition) is 1. The second-order valence-corrected chi connectivity index (χ2v) is 7.09. The summed E-state index contributed by atoms with van der Waals surface area (Å²) in [7, 11) is 0. The monoisotopic (exact) mass is 369 g/mol. The summed E-state index contributed by atoms with van der Waals surface area (Å²) in [5, 5.41) is 6.43. The molecule has 1 N–H and O–H groups in total. The number of nitrogens with zero attached hydrogens (tertiary/aromatic N) is 2. The second kappa shape index (κ2) is 5.61. The average Bonchev–Trinajstić information content (AvgIpc) is 3.30. The van der Waals surface area contributed by atoms with E-state index in [2.05, 4.69) is 27.3 Å². The molecule has 0 aliphatic heterocycles. The lowest BCUT2D eigenvalue weighted by Gasteiger charge is -1.99. The summed E-state index contributed by atoms with van der Waals surface area (Å²) in [6.07, 6.45) is 3.46. The molecule has 0 atom stereocenters. The molecule has 0 radical (unpaired) electrons. The van der Waals surface area contributed by atoms with Crippen LogP contribution in [0.15, 0.2) is 40.9 Å². The smallest absolute Gasteiger partial charge is 0.259 e. The molecular weight excluding hydrogens is 357 g/mol. The van der Waals surface area contributed by atoms with Crippen molar-refractivity contribution < 1.29 is 4.52 Å². The molecule has 0 fully saturated rings. The van der Waals surface area contributed by atoms with Gasteiger partial charge in [0.15, 0.2) is 0 Å². The van der Waals surface area contributed by atoms with Gasteiger partial charge in [-0.2, -0.15) is 4.98 Å². The third kappa shape index (κ3) is 2.44. The topological polar surface area (TPSA) is 54.7 Å². The molecule has 2 aromatic carbocycles. The Hall–Kier alpha value is -2.30. The Kier molecular flexibility index (Phi) is 3.37. The van der Waals surface area contributed by atoms with E-state index in [1.54, 1.807) is 18.2 Å². The minimum Gasteiger partial charge on any atom is -0.358 e. The zero-order valence-corrected chi connectivity index (χ0v) is 14.7. The van der Waals surface area contributed by atoms with Crippen LogP contribution in [0.5, 0.6) is 0 Å². The summed E-state index contributed by atoms with van der Waals surface area (Å²) in [4.78, 5) is 8.01. The van der Waals surface area contributed by atoms with Crippen LogP contribution >= 0.6 is 23.2 Å². The summed E-state index contributed by atoms with van der Waals surface area (Å²) < 4.78 is 5.42. The first kappa shape index (κ1) is 15.0. The Morgan fingerprint density at radius 3 is 2.84 bits per heavy atom. The first-order valence-electron chi connectivity index (χ1n) is 8.12. The van der Waals surface area contributed by atoms with Crippen LogP contribution < -0.4 is 0 Å². The highest BCUT2D eigenvalue weighted by molar-refractivity contribution is 6.36. The van der Waals surface area contributed by atoms with E-state index in [1.165, 1.54) is 23.1 Å². The third-order valence-electron chi connectivity index (χ3n) is 4.69. The molecule has 25 heavy (non-hydrogen) atoms. The van der Waals surface area contributed by atoms with E-state index in [9.17, 15) is 0 Å². The number of aromatic amines is 1. The number of nitrogens with one attached hydrogen (secondary N) is 1. The van der Waals surface area contributed by atoms with Gasteiger partial charge in [-0.15, -0.1) is 0 Å². The Morgan fingerprint density at radius 1 is 1.04 bits per heavy atom. The lowest BCUT2D eigenvalue weighted by Crippen LogP contribution is -1.83. The van der Waals surface area contributed by atoms with Crippen LogP contribution in [0.2, 0.25) is 10.0 Å². The third-order valence-corrected chi connectivity index (χ3v) is 5.24. The van der Waals surface area contributed by atoms with Crippen molar-refractivity contribution in [2.75, 3.05) is 0 Å². The predicted octanol–water partition coefficient (Wildman–Crippen LogP) is 5.68. The highest BCUT2D eigenvalue weighted by atomic mass is 35.5. The van der Waals surface area contributed by atoms with Crippen LogP contribution in [0.25, 0.3) is 33.7 Å². The Labute approximate surface area is 153 Å². The SMILES string of the molecule is Clc1ccc(-c2nc(-c3ccc4[nH]c5c(c4c3)CCC5)no2)c(Cl)c1. The van der Waals surface area contributed by atoms with E-state index in [0.717, 1.165) is 23.9 Å². The lowest BCUT2D eigenvalue weighted by molar-refractivity contribution is 0.432. The van der Waals surface area contributed by atoms with Gasteiger partial charge in [0, 0.05) is 27.2 Å². The molecule has 0 saturated carbocycles. The number of aromatic nitrogens is 3. The van der Waals surface area contributed by atoms with Gasteiger partial charge < -0.3 is 9.51 Å². The molecule has 4 nitrogen and oxygen atoms in total. The summed E-state index contributed by atoms with van der Waals surface area (Å²) in [5.74, 6) is 0.937. The molecule has 0 spiro atoms. The normalized spacial score (nSPS) is 13.5. The van der Waals surface area contributed by atoms with Crippen molar-refractivity contribution in [1.82, 2.24) is 15.1 Å². The number of benzene rings is 2. The molecule has 6 heteroatoms. The van der Waals surface area contributed by atoms with Gasteiger partial charge in [-0.25, -0.2) is 0 Å². The van der Waals surface area contributed by atoms with Crippen molar-refractivity contribution >= 4 is 34.1 Å². The van der Waals surface area contributed by atoms with Crippen molar-refractivity contribution in [1.29, 1.82) is 0 Å². The summed E-state index contributed by atoms with van der Waals surface area (Å²) >= 11 is 12.2. The number of aryl methyl sites for hydroxylation is 2. The van der Waals surface area contributed by atoms with E-state index in [4.69, 9.17) is 27.7 Å². The van der Waals surface area contributed by atoms with Gasteiger partial charge in [0.2, 0.25) is 5.82 Å². The zero-order chi connectivity index (χ0) is 17.0. The minimum absolute atomic E-state index is 0.385. The minimum atomic E-state index is 0.385. The Bertz CT molecular complexity index is 1110. The maximum Gasteiger partial charge on any atom is 0.259 e. The quantitative estimate of drug-likeness (QED) is 0.494. The number of hydrogen-bond acceptors (Lipinski definition) is 3. The van der Waals surface area contributed by atoms with Crippen LogP contribution in [0.3, 0.4) is 0 Å². The van der Waals surface area contributed by atoms with Gasteiger partial charge >= 0.3 is 0 Å². The first-order valence-corrected chi connectivity index (χ1v) is 8.87. The van der Waals surface area contributed by atoms with Crippen molar-refractivity contribution in [2.24, 2.45) is 0 Å². The van der Waals surface area contributed by atoms with E-state index < -0.39 is 0 Å². The van der Waals surface area contributed by atoms with Crippen LogP contribution in [-0.4, -0.2) is 15.1 Å². The van der Waals surface area contributed by atoms with Crippen LogP contribution in [0.4, 0.5) is 0 Å². The molecule has 1 aliphatic carbocycles. The molecule has 1 aliphatic rings. The van der Waals surface area contributed by atoms with Gasteiger partial charge in [-0.1, -0.05) is 28.4 Å². The molecule has 4 aromatic rings. The fourth-order valence-corrected chi connectivity index (χ4v) is 3.99. The maximum atomic E-state index is 6.23. The number of fused-ring (bicyclic) bond motifs is 3. The standard InChI is InChI=1S/C19H13Cl2N3O/c20-11-5-6-13(15(21)9-11)19-23-18(24-25-19)10-4-7-17-14(8-10)12-2-1-3-16(12)22-17/h4-9,22H,1-3H2. The molecule has 2 heterocycles. The molecule has 124 valence electrons. The Morgan fingerprint density at radius 2 is 1.96 bits per heavy atom. The van der Waals surface area contributed by atoms with Gasteiger partial charge in [0.1, 0.15) is 0 Å². The van der Waals surface area contributed by atoms with E-state index in [0.29, 0.717) is 27.3 Å². The second-order valence-electron chi connectivity index (χ2n) is 6.24. The zero-order valence-electron chi connectivity index (χ0n) is 13.1. The molecule has 0 unspecified atom stereocenters. The van der Waals surface area contributed by atoms with Gasteiger partial charge in [-0.05, 0) is 61.2 Å². The van der Waals surface area contributed by atoms with E-state index >= 15 is 0 Å². The van der Waals surface area contributed by atoms with Gasteiger partial charge in [0.05, 0.1) is 10.6 Å². The highest BCUT2D eigenvalue weighted by Gasteiger charge is 2.19. The molecule has 2 aromatic heterocycles. The molecule has 0 saturated heterocycles. The first-order chi connectivity index (χ1) is 12.2. The maximum absolute atomic E-state index is 6.23. The number of H-pyrrole nitrogens is 1. The summed E-state index contributed by atoms with van der Waals surface area (Å²) in [6, 6.07) is 11.4. The van der Waals surface area contributed by atoms with Crippen molar-refractivity contribution in [2.45, 2.75) is 19.3 Å². The van der Waals surface area contributed by atoms with Crippen molar-refractivity contribution in [3.05, 3.63) is 57.7 Å². The van der Waals surface area contributed by atoms with E-state index in [1.807, 2.05) is 6.07 Å². The van der Waals surface area contributed by atoms with Crippen LogP contribution in [-0.2, 0) is 12.8 Å². The van der Waals surface area contributed by atoms with E-state index in [-0.39, 0.29) is 0 Å². The van der Waals surface area contributed by atoms with Crippen LogP contribution in [0.1, 0.15) is 17.7 Å². The molecule has 5 rings (SSSR count). The Balaban J connectivity index is 1.58.